The molecule has 0 bridgehead atoms. The van der Waals surface area contributed by atoms with Crippen LogP contribution in [0.15, 0.2) is 41.3 Å². The zero-order chi connectivity index (χ0) is 29.3. The SMILES string of the molecule is Cc1[nH]c(C=C2C(=O)Nc3ccc(S(=O)(=O)Cc4c(Cl)cccc4Cl)cc32)c(C)c1C(=O)NCCCN1CCCC1. The fourth-order valence-electron chi connectivity index (χ4n) is 5.45. The number of halogens is 2. The maximum absolute atomic E-state index is 13.3. The van der Waals surface area contributed by atoms with E-state index in [1.165, 1.54) is 25.0 Å². The molecule has 5 rings (SSSR count). The van der Waals surface area contributed by atoms with Crippen LogP contribution in [0.5, 0.6) is 0 Å². The number of nitrogens with zero attached hydrogens (tertiary/aromatic N) is 1. The van der Waals surface area contributed by atoms with E-state index in [9.17, 15) is 18.0 Å². The van der Waals surface area contributed by atoms with Crippen molar-refractivity contribution in [2.45, 2.75) is 43.8 Å². The number of benzene rings is 2. The number of carbonyl (C=O) groups is 2. The third-order valence-electron chi connectivity index (χ3n) is 7.66. The molecule has 41 heavy (non-hydrogen) atoms. The van der Waals surface area contributed by atoms with Crippen LogP contribution in [0.1, 0.15) is 57.7 Å². The Morgan fingerprint density at radius 1 is 1.10 bits per heavy atom. The third kappa shape index (κ3) is 6.23. The second-order valence-corrected chi connectivity index (χ2v) is 13.3. The molecule has 2 aromatic carbocycles. The molecule has 2 aliphatic heterocycles. The Morgan fingerprint density at radius 2 is 1.80 bits per heavy atom. The van der Waals surface area contributed by atoms with Crippen molar-refractivity contribution in [1.82, 2.24) is 15.2 Å². The second kappa shape index (κ2) is 12.0. The van der Waals surface area contributed by atoms with Gasteiger partial charge in [-0.15, -0.1) is 0 Å². The summed E-state index contributed by atoms with van der Waals surface area (Å²) in [5, 5.41) is 6.35. The summed E-state index contributed by atoms with van der Waals surface area (Å²) >= 11 is 12.4. The van der Waals surface area contributed by atoms with Gasteiger partial charge in [-0.25, -0.2) is 8.42 Å². The van der Waals surface area contributed by atoms with Gasteiger partial charge in [0.15, 0.2) is 9.84 Å². The van der Waals surface area contributed by atoms with Crippen molar-refractivity contribution in [3.63, 3.8) is 0 Å². The maximum atomic E-state index is 13.3. The summed E-state index contributed by atoms with van der Waals surface area (Å²) in [4.78, 5) is 31.6. The molecule has 0 aliphatic carbocycles. The maximum Gasteiger partial charge on any atom is 0.256 e. The number of aromatic nitrogens is 1. The number of hydrogen-bond acceptors (Lipinski definition) is 5. The van der Waals surface area contributed by atoms with E-state index >= 15 is 0 Å². The molecule has 3 aromatic rings. The van der Waals surface area contributed by atoms with Gasteiger partial charge < -0.3 is 20.5 Å². The minimum Gasteiger partial charge on any atom is -0.358 e. The van der Waals surface area contributed by atoms with Crippen LogP contribution in [0, 0.1) is 13.8 Å². The summed E-state index contributed by atoms with van der Waals surface area (Å²) in [6.07, 6.45) is 5.03. The van der Waals surface area contributed by atoms with Crippen molar-refractivity contribution in [2.24, 2.45) is 0 Å². The van der Waals surface area contributed by atoms with E-state index in [1.54, 1.807) is 30.3 Å². The van der Waals surface area contributed by atoms with Crippen LogP contribution in [0.3, 0.4) is 0 Å². The van der Waals surface area contributed by atoms with E-state index in [2.05, 4.69) is 20.5 Å². The molecule has 216 valence electrons. The minimum absolute atomic E-state index is 0.0445. The first-order valence-corrected chi connectivity index (χ1v) is 16.0. The minimum atomic E-state index is -3.83. The summed E-state index contributed by atoms with van der Waals surface area (Å²) in [6, 6.07) is 9.35. The van der Waals surface area contributed by atoms with Crippen LogP contribution in [-0.4, -0.2) is 56.3 Å². The Kier molecular flexibility index (Phi) is 8.61. The highest BCUT2D eigenvalue weighted by molar-refractivity contribution is 7.90. The van der Waals surface area contributed by atoms with E-state index in [0.29, 0.717) is 51.4 Å². The summed E-state index contributed by atoms with van der Waals surface area (Å²) in [5.41, 5.74) is 4.15. The van der Waals surface area contributed by atoms with Crippen molar-refractivity contribution in [3.8, 4) is 0 Å². The number of rotatable bonds is 9. The average Bonchev–Trinajstić information content (AvgIpc) is 3.62. The Morgan fingerprint density at radius 3 is 2.51 bits per heavy atom. The summed E-state index contributed by atoms with van der Waals surface area (Å²) in [5.74, 6) is -0.899. The number of fused-ring (bicyclic) bond motifs is 1. The van der Waals surface area contributed by atoms with E-state index in [-0.39, 0.29) is 32.5 Å². The highest BCUT2D eigenvalue weighted by Crippen LogP contribution is 2.37. The van der Waals surface area contributed by atoms with Crippen LogP contribution in [0.2, 0.25) is 10.0 Å². The topological polar surface area (TPSA) is 111 Å². The Balaban J connectivity index is 1.37. The van der Waals surface area contributed by atoms with Crippen LogP contribution >= 0.6 is 23.2 Å². The number of nitrogens with one attached hydrogen (secondary N) is 3. The van der Waals surface area contributed by atoms with Gasteiger partial charge in [-0.3, -0.25) is 9.59 Å². The van der Waals surface area contributed by atoms with Gasteiger partial charge in [0.05, 0.1) is 21.8 Å². The van der Waals surface area contributed by atoms with E-state index < -0.39 is 9.84 Å². The molecule has 8 nitrogen and oxygen atoms in total. The summed E-state index contributed by atoms with van der Waals surface area (Å²) in [6.45, 7) is 7.46. The Hall–Kier alpha value is -3.11. The van der Waals surface area contributed by atoms with Crippen molar-refractivity contribution < 1.29 is 18.0 Å². The van der Waals surface area contributed by atoms with Gasteiger partial charge in [-0.2, -0.15) is 0 Å². The van der Waals surface area contributed by atoms with Crippen molar-refractivity contribution in [3.05, 3.63) is 80.1 Å². The quantitative estimate of drug-likeness (QED) is 0.214. The lowest BCUT2D eigenvalue weighted by molar-refractivity contribution is -0.110. The number of sulfone groups is 1. The van der Waals surface area contributed by atoms with Crippen molar-refractivity contribution in [2.75, 3.05) is 31.5 Å². The lowest BCUT2D eigenvalue weighted by Gasteiger charge is -2.14. The molecule has 0 unspecified atom stereocenters. The van der Waals surface area contributed by atoms with Gasteiger partial charge in [-0.1, -0.05) is 29.3 Å². The van der Waals surface area contributed by atoms with Gasteiger partial charge in [0.25, 0.3) is 11.8 Å². The fraction of sp³-hybridized carbons (Fsp3) is 0.333. The first-order valence-electron chi connectivity index (χ1n) is 13.6. The van der Waals surface area contributed by atoms with Crippen LogP contribution in [0.25, 0.3) is 11.6 Å². The molecule has 3 N–H and O–H groups in total. The number of hydrogen-bond donors (Lipinski definition) is 3. The number of H-pyrrole nitrogens is 1. The average molecular weight is 616 g/mol. The predicted octanol–water partition coefficient (Wildman–Crippen LogP) is 5.62. The van der Waals surface area contributed by atoms with Crippen LogP contribution in [0.4, 0.5) is 5.69 Å². The molecule has 2 aliphatic rings. The Bertz CT molecular complexity index is 1640. The third-order valence-corrected chi connectivity index (χ3v) is 10.0. The van der Waals surface area contributed by atoms with Crippen LogP contribution in [-0.2, 0) is 20.4 Å². The number of likely N-dealkylation sites (tertiary alicyclic amines) is 1. The molecule has 0 radical (unpaired) electrons. The van der Waals surface area contributed by atoms with Crippen molar-refractivity contribution in [1.29, 1.82) is 0 Å². The van der Waals surface area contributed by atoms with Gasteiger partial charge >= 0.3 is 0 Å². The zero-order valence-corrected chi connectivity index (χ0v) is 25.3. The molecular weight excluding hydrogens is 583 g/mol. The van der Waals surface area contributed by atoms with Gasteiger partial charge in [0.2, 0.25) is 0 Å². The molecule has 0 atom stereocenters. The first-order chi connectivity index (χ1) is 19.5. The lowest BCUT2D eigenvalue weighted by atomic mass is 10.0. The number of carbonyl (C=O) groups excluding carboxylic acids is 2. The molecule has 1 fully saturated rings. The highest BCUT2D eigenvalue weighted by Gasteiger charge is 2.28. The van der Waals surface area contributed by atoms with Gasteiger partial charge in [-0.05, 0) is 94.7 Å². The van der Waals surface area contributed by atoms with Gasteiger partial charge in [0.1, 0.15) is 0 Å². The number of anilines is 1. The van der Waals surface area contributed by atoms with E-state index in [4.69, 9.17) is 23.2 Å². The molecule has 1 saturated heterocycles. The van der Waals surface area contributed by atoms with Crippen molar-refractivity contribution >= 4 is 62.2 Å². The Labute approximate surface area is 250 Å². The summed E-state index contributed by atoms with van der Waals surface area (Å²) < 4.78 is 26.6. The highest BCUT2D eigenvalue weighted by atomic mass is 35.5. The standard InChI is InChI=1S/C30H32Cl2N4O4S/c1-18-27(34-19(2)28(18)30(38)33-11-6-14-36-12-3-4-13-36)16-22-21-15-20(9-10-26(21)35-29(22)37)41(39,40)17-23-24(31)7-5-8-25(23)32/h5,7-10,15-16,34H,3-4,6,11-14,17H2,1-2H3,(H,33,38)(H,35,37). The fourth-order valence-corrected chi connectivity index (χ4v) is 7.57. The summed E-state index contributed by atoms with van der Waals surface area (Å²) in [7, 11) is -3.83. The van der Waals surface area contributed by atoms with Crippen LogP contribution < -0.4 is 10.6 Å². The monoisotopic (exact) mass is 614 g/mol. The first kappa shape index (κ1) is 29.4. The zero-order valence-electron chi connectivity index (χ0n) is 22.9. The molecule has 3 heterocycles. The molecule has 11 heteroatoms. The predicted molar refractivity (Wildman–Crippen MR) is 163 cm³/mol. The van der Waals surface area contributed by atoms with E-state index in [1.807, 2.05) is 13.8 Å². The number of aromatic amines is 1. The number of amides is 2. The van der Waals surface area contributed by atoms with Gasteiger partial charge in [0, 0.05) is 44.8 Å². The molecule has 0 spiro atoms. The smallest absolute Gasteiger partial charge is 0.256 e. The molecule has 2 amide bonds. The molecule has 0 saturated carbocycles. The lowest BCUT2D eigenvalue weighted by Crippen LogP contribution is -2.29. The normalized spacial score (nSPS) is 16.3. The largest absolute Gasteiger partial charge is 0.358 e. The second-order valence-electron chi connectivity index (χ2n) is 10.5. The molecule has 1 aromatic heterocycles. The number of aryl methyl sites for hydroxylation is 1. The molecular formula is C30H32Cl2N4O4S. The van der Waals surface area contributed by atoms with E-state index in [0.717, 1.165) is 26.1 Å².